The van der Waals surface area contributed by atoms with Gasteiger partial charge in [0, 0.05) is 67.7 Å². The van der Waals surface area contributed by atoms with Crippen molar-refractivity contribution >= 4 is 52.1 Å². The number of rotatable bonds is 8. The fourth-order valence-corrected chi connectivity index (χ4v) is 8.92. The highest BCUT2D eigenvalue weighted by Gasteiger charge is 2.51. The van der Waals surface area contributed by atoms with Crippen molar-refractivity contribution in [3.63, 3.8) is 0 Å². The number of carbonyl (C=O) groups excluding carboxylic acids is 2. The van der Waals surface area contributed by atoms with E-state index >= 15 is 0 Å². The van der Waals surface area contributed by atoms with Crippen molar-refractivity contribution in [1.29, 1.82) is 0 Å². The summed E-state index contributed by atoms with van der Waals surface area (Å²) in [5.74, 6) is 2.56. The number of anilines is 5. The fourth-order valence-electron chi connectivity index (χ4n) is 8.79. The van der Waals surface area contributed by atoms with E-state index < -0.39 is 11.2 Å². The maximum atomic E-state index is 12.9. The molecule has 352 valence electrons. The van der Waals surface area contributed by atoms with Crippen molar-refractivity contribution in [2.45, 2.75) is 115 Å². The zero-order chi connectivity index (χ0) is 47.9. The lowest BCUT2D eigenvalue weighted by atomic mass is 9.90. The number of likely N-dealkylation sites (N-methyl/N-ethyl adjacent to an activating group) is 2. The van der Waals surface area contributed by atoms with Crippen LogP contribution in [-0.2, 0) is 19.3 Å². The van der Waals surface area contributed by atoms with Gasteiger partial charge in [-0.2, -0.15) is 4.98 Å². The smallest absolute Gasteiger partial charge is 0.249 e. The Morgan fingerprint density at radius 1 is 0.588 bits per heavy atom. The van der Waals surface area contributed by atoms with Crippen molar-refractivity contribution in [3.8, 4) is 33.6 Å². The standard InChI is InChI=1S/C23H23N5O.C17H20N2O2.C12H15ClN4O/c1-3-19-23(29)27(2)20-14-25-21(26-22(20)28(19)16-9-10-16)17-11-12-24-13-18(17)15-7-5-4-6-8-15;1-16(2)17(3,4)21-19(20-16)15-10-11-18-12-14(15)13-8-6-5-7-9-13;1-3-8-11(18)16(2)9-6-14-12(13)15-10(9)17(8)7-4-5-7/h4-8,11-14,16,19H,3,9-10H2,1-2H3;5-12H,1-4H3;6-8H,3-5H2,1-2H3/t19-;;8-/m1.1/s1. The number of aromatic nitrogens is 6. The van der Waals surface area contributed by atoms with Crippen LogP contribution in [0, 0.1) is 0 Å². The van der Waals surface area contributed by atoms with Crippen LogP contribution in [0.3, 0.4) is 0 Å². The first-order valence-electron chi connectivity index (χ1n) is 23.4. The Morgan fingerprint density at radius 3 is 1.57 bits per heavy atom. The molecule has 16 heteroatoms. The molecule has 0 N–H and O–H groups in total. The molecule has 2 atom stereocenters. The van der Waals surface area contributed by atoms with Crippen LogP contribution in [0.5, 0.6) is 0 Å². The maximum Gasteiger partial charge on any atom is 0.249 e. The Bertz CT molecular complexity index is 2770. The number of fused-ring (bicyclic) bond motifs is 2. The molecule has 3 fully saturated rings. The number of hydrogen-bond donors (Lipinski definition) is 0. The average molecular weight is 937 g/mol. The quantitative estimate of drug-likeness (QED) is 0.134. The van der Waals surface area contributed by atoms with E-state index in [0.29, 0.717) is 17.9 Å². The van der Waals surface area contributed by atoms with Gasteiger partial charge < -0.3 is 19.6 Å². The van der Waals surface area contributed by atoms with E-state index in [1.807, 2.05) is 115 Å². The highest BCUT2D eigenvalue weighted by atomic mass is 35.5. The molecule has 15 nitrogen and oxygen atoms in total. The fraction of sp³-hybridized carbons (Fsp3) is 0.385. The summed E-state index contributed by atoms with van der Waals surface area (Å²) in [6, 6.07) is 24.7. The number of carbonyl (C=O) groups is 2. The second-order valence-corrected chi connectivity index (χ2v) is 19.0. The lowest BCUT2D eigenvalue weighted by molar-refractivity contribution is -0.120. The Morgan fingerprint density at radius 2 is 1.06 bits per heavy atom. The first-order valence-corrected chi connectivity index (χ1v) is 23.8. The van der Waals surface area contributed by atoms with Gasteiger partial charge in [-0.3, -0.25) is 19.6 Å². The molecule has 4 aromatic heterocycles. The van der Waals surface area contributed by atoms with Crippen molar-refractivity contribution in [2.75, 3.05) is 38.9 Å². The van der Waals surface area contributed by atoms with E-state index in [4.69, 9.17) is 26.3 Å². The molecule has 2 aliphatic carbocycles. The van der Waals surface area contributed by atoms with Crippen molar-refractivity contribution < 1.29 is 19.3 Å². The van der Waals surface area contributed by atoms with Gasteiger partial charge in [0.05, 0.1) is 12.4 Å². The summed E-state index contributed by atoms with van der Waals surface area (Å²) in [5.41, 5.74) is 6.64. The number of halogens is 1. The minimum Gasteiger partial charge on any atom is -0.340 e. The summed E-state index contributed by atoms with van der Waals surface area (Å²) >= 11 is 5.89. The molecule has 7 heterocycles. The van der Waals surface area contributed by atoms with Gasteiger partial charge >= 0.3 is 0 Å². The second-order valence-electron chi connectivity index (χ2n) is 18.7. The predicted octanol–water partition coefficient (Wildman–Crippen LogP) is 9.77. The SMILES string of the molecule is CC1(C)ON(c2ccncc2-c2ccccc2)OC1(C)C.CC[C@@H]1C(=O)N(C)c2cnc(-c3ccncc3-c3ccccc3)nc2N1C1CC1.CC[C@@H]1C(=O)N(C)c2cnc(Cl)nc2N1C1CC1. The highest BCUT2D eigenvalue weighted by Crippen LogP contribution is 2.45. The van der Waals surface area contributed by atoms with E-state index in [-0.39, 0.29) is 29.2 Å². The van der Waals surface area contributed by atoms with E-state index in [1.54, 1.807) is 41.6 Å². The van der Waals surface area contributed by atoms with Gasteiger partial charge in [0.1, 0.15) is 40.3 Å². The number of amides is 2. The molecule has 11 rings (SSSR count). The largest absolute Gasteiger partial charge is 0.340 e. The van der Waals surface area contributed by atoms with E-state index in [0.717, 1.165) is 95.0 Å². The molecule has 0 spiro atoms. The molecule has 5 aliphatic rings. The van der Waals surface area contributed by atoms with Gasteiger partial charge in [-0.1, -0.05) is 74.5 Å². The summed E-state index contributed by atoms with van der Waals surface area (Å²) in [4.78, 5) is 71.4. The Balaban J connectivity index is 0.000000132. The number of benzene rings is 2. The van der Waals surface area contributed by atoms with Gasteiger partial charge in [-0.15, -0.1) is 5.23 Å². The van der Waals surface area contributed by atoms with Gasteiger partial charge in [-0.05, 0) is 101 Å². The van der Waals surface area contributed by atoms with E-state index in [9.17, 15) is 9.59 Å². The van der Waals surface area contributed by atoms with Crippen LogP contribution in [0.4, 0.5) is 28.7 Å². The van der Waals surface area contributed by atoms with Gasteiger partial charge in [0.25, 0.3) is 0 Å². The summed E-state index contributed by atoms with van der Waals surface area (Å²) in [6.45, 7) is 12.2. The maximum absolute atomic E-state index is 12.9. The molecule has 6 aromatic rings. The Kier molecular flexibility index (Phi) is 12.9. The van der Waals surface area contributed by atoms with Crippen LogP contribution < -0.4 is 24.8 Å². The molecule has 2 amide bonds. The molecule has 2 aromatic carbocycles. The molecule has 0 unspecified atom stereocenters. The first kappa shape index (κ1) is 46.6. The predicted molar refractivity (Wildman–Crippen MR) is 266 cm³/mol. The minimum atomic E-state index is -0.412. The monoisotopic (exact) mass is 935 g/mol. The molecular formula is C52H58ClN11O4. The third kappa shape index (κ3) is 8.97. The molecule has 1 saturated heterocycles. The summed E-state index contributed by atoms with van der Waals surface area (Å²) in [7, 11) is 3.59. The number of nitrogens with zero attached hydrogens (tertiary/aromatic N) is 11. The summed E-state index contributed by atoms with van der Waals surface area (Å²) in [5, 5.41) is 1.75. The Labute approximate surface area is 403 Å². The van der Waals surface area contributed by atoms with Crippen molar-refractivity contribution in [2.24, 2.45) is 0 Å². The first-order chi connectivity index (χ1) is 32.7. The van der Waals surface area contributed by atoms with Crippen molar-refractivity contribution in [1.82, 2.24) is 29.9 Å². The third-order valence-electron chi connectivity index (χ3n) is 13.5. The van der Waals surface area contributed by atoms with E-state index in [1.165, 1.54) is 5.23 Å². The van der Waals surface area contributed by atoms with Crippen LogP contribution in [0.25, 0.3) is 33.6 Å². The lowest BCUT2D eigenvalue weighted by Crippen LogP contribution is -2.53. The lowest BCUT2D eigenvalue weighted by Gasteiger charge is -2.40. The minimum absolute atomic E-state index is 0.114. The molecule has 2 saturated carbocycles. The number of hydrogen-bond acceptors (Lipinski definition) is 13. The van der Waals surface area contributed by atoms with Gasteiger partial charge in [0.15, 0.2) is 17.5 Å². The van der Waals surface area contributed by atoms with Crippen LogP contribution in [0.1, 0.15) is 80.1 Å². The zero-order valence-electron chi connectivity index (χ0n) is 39.9. The zero-order valence-corrected chi connectivity index (χ0v) is 40.6. The van der Waals surface area contributed by atoms with Crippen LogP contribution in [0.15, 0.2) is 110 Å². The van der Waals surface area contributed by atoms with Crippen LogP contribution in [0.2, 0.25) is 5.28 Å². The van der Waals surface area contributed by atoms with Crippen LogP contribution >= 0.6 is 11.6 Å². The van der Waals surface area contributed by atoms with Crippen LogP contribution in [-0.4, -0.2) is 91.2 Å². The molecular weight excluding hydrogens is 878 g/mol. The van der Waals surface area contributed by atoms with E-state index in [2.05, 4.69) is 53.8 Å². The summed E-state index contributed by atoms with van der Waals surface area (Å²) in [6.07, 6.45) is 16.6. The molecule has 0 radical (unpaired) electrons. The molecule has 68 heavy (non-hydrogen) atoms. The normalized spacial score (nSPS) is 20.2. The highest BCUT2D eigenvalue weighted by molar-refractivity contribution is 6.28. The Hall–Kier alpha value is -6.55. The average Bonchev–Trinajstić information content (AvgIpc) is 4.31. The van der Waals surface area contributed by atoms with Crippen molar-refractivity contribution in [3.05, 3.63) is 115 Å². The number of pyridine rings is 2. The second kappa shape index (κ2) is 18.9. The molecule has 0 bridgehead atoms. The summed E-state index contributed by atoms with van der Waals surface area (Å²) < 4.78 is 0. The third-order valence-corrected chi connectivity index (χ3v) is 13.7. The van der Waals surface area contributed by atoms with Gasteiger partial charge in [-0.25, -0.2) is 24.6 Å². The topological polar surface area (TPSA) is 146 Å². The molecule has 3 aliphatic heterocycles. The van der Waals surface area contributed by atoms with Gasteiger partial charge in [0.2, 0.25) is 17.1 Å².